The van der Waals surface area contributed by atoms with Gasteiger partial charge in [-0.2, -0.15) is 8.42 Å². The first-order chi connectivity index (χ1) is 7.99. The lowest BCUT2D eigenvalue weighted by Gasteiger charge is -1.97. The average molecular weight is 272 g/mol. The van der Waals surface area contributed by atoms with Crippen molar-refractivity contribution in [3.8, 4) is 0 Å². The molecule has 90 valence electrons. The van der Waals surface area contributed by atoms with E-state index in [2.05, 4.69) is 4.40 Å². The first-order valence-corrected chi connectivity index (χ1v) is 6.98. The van der Waals surface area contributed by atoms with Crippen molar-refractivity contribution in [3.05, 3.63) is 46.5 Å². The monoisotopic (exact) mass is 272 g/mol. The Labute approximate surface area is 102 Å². The van der Waals surface area contributed by atoms with Gasteiger partial charge in [0.05, 0.1) is 4.90 Å². The molecule has 0 N–H and O–H groups in total. The van der Waals surface area contributed by atoms with Crippen molar-refractivity contribution in [2.45, 2.75) is 4.90 Å². The minimum Gasteiger partial charge on any atom is -0.326 e. The predicted octanol–water partition coefficient (Wildman–Crippen LogP) is 1.52. The molecule has 17 heavy (non-hydrogen) atoms. The van der Waals surface area contributed by atoms with E-state index in [9.17, 15) is 12.8 Å². The van der Waals surface area contributed by atoms with Crippen LogP contribution in [0.25, 0.3) is 0 Å². The van der Waals surface area contributed by atoms with Crippen LogP contribution in [-0.2, 0) is 17.1 Å². The third-order valence-corrected chi connectivity index (χ3v) is 4.31. The van der Waals surface area contributed by atoms with E-state index in [1.54, 1.807) is 23.2 Å². The normalized spacial score (nSPS) is 12.9. The number of hydrogen-bond acceptors (Lipinski definition) is 3. The first kappa shape index (κ1) is 12.0. The Morgan fingerprint density at radius 2 is 1.94 bits per heavy atom. The fourth-order valence-electron chi connectivity index (χ4n) is 1.18. The summed E-state index contributed by atoms with van der Waals surface area (Å²) in [6.45, 7) is 0. The lowest BCUT2D eigenvalue weighted by atomic mass is 10.4. The Bertz CT molecular complexity index is 684. The van der Waals surface area contributed by atoms with Crippen LogP contribution in [0.3, 0.4) is 0 Å². The molecule has 0 saturated carbocycles. The number of rotatable bonds is 2. The summed E-state index contributed by atoms with van der Waals surface area (Å²) in [5.74, 6) is -0.481. The summed E-state index contributed by atoms with van der Waals surface area (Å²) < 4.78 is 41.7. The van der Waals surface area contributed by atoms with E-state index in [0.717, 1.165) is 12.1 Å². The topological polar surface area (TPSA) is 51.4 Å². The molecule has 1 aromatic carbocycles. The van der Waals surface area contributed by atoms with Gasteiger partial charge < -0.3 is 4.57 Å². The molecule has 0 aliphatic carbocycles. The zero-order chi connectivity index (χ0) is 12.5. The van der Waals surface area contributed by atoms with E-state index in [1.807, 2.05) is 0 Å². The van der Waals surface area contributed by atoms with Gasteiger partial charge in [0.1, 0.15) is 5.82 Å². The van der Waals surface area contributed by atoms with Gasteiger partial charge in [-0.15, -0.1) is 15.7 Å². The molecule has 0 radical (unpaired) electrons. The van der Waals surface area contributed by atoms with Crippen LogP contribution in [0.1, 0.15) is 0 Å². The van der Waals surface area contributed by atoms with Crippen molar-refractivity contribution >= 4 is 21.4 Å². The highest BCUT2D eigenvalue weighted by molar-refractivity contribution is 7.90. The number of sulfonamides is 1. The molecule has 4 nitrogen and oxygen atoms in total. The zero-order valence-electron chi connectivity index (χ0n) is 8.87. The van der Waals surface area contributed by atoms with Crippen molar-refractivity contribution in [2.24, 2.45) is 11.4 Å². The summed E-state index contributed by atoms with van der Waals surface area (Å²) >= 11 is 1.22. The van der Waals surface area contributed by atoms with Crippen LogP contribution in [0.15, 0.2) is 45.1 Å². The smallest absolute Gasteiger partial charge is 0.285 e. The van der Waals surface area contributed by atoms with Crippen LogP contribution in [-0.4, -0.2) is 13.0 Å². The zero-order valence-corrected chi connectivity index (χ0v) is 10.5. The number of benzene rings is 1. The molecule has 1 aromatic heterocycles. The summed E-state index contributed by atoms with van der Waals surface area (Å²) in [4.78, 5) is 0.349. The van der Waals surface area contributed by atoms with E-state index in [0.29, 0.717) is 4.80 Å². The maximum absolute atomic E-state index is 12.7. The predicted molar refractivity (Wildman–Crippen MR) is 62.4 cm³/mol. The second-order valence-corrected chi connectivity index (χ2v) is 5.79. The van der Waals surface area contributed by atoms with Crippen molar-refractivity contribution in [3.63, 3.8) is 0 Å². The lowest BCUT2D eigenvalue weighted by molar-refractivity contribution is 0.594. The van der Waals surface area contributed by atoms with Gasteiger partial charge >= 0.3 is 0 Å². The fourth-order valence-corrected chi connectivity index (χ4v) is 3.16. The van der Waals surface area contributed by atoms with Crippen molar-refractivity contribution in [1.29, 1.82) is 0 Å². The Morgan fingerprint density at radius 1 is 1.29 bits per heavy atom. The van der Waals surface area contributed by atoms with Gasteiger partial charge in [-0.3, -0.25) is 0 Å². The van der Waals surface area contributed by atoms with Gasteiger partial charge in [-0.1, -0.05) is 0 Å². The molecule has 0 amide bonds. The number of thiazole rings is 1. The minimum atomic E-state index is -3.77. The Hall–Kier alpha value is -1.47. The van der Waals surface area contributed by atoms with Crippen LogP contribution in [0, 0.1) is 5.82 Å². The molecule has 0 bridgehead atoms. The standard InChI is InChI=1S/C10H9FN2O2S2/c1-13-6-7-16-10(13)12-17(14,15)9-4-2-8(11)3-5-9/h2-7H,1H3/b12-10-. The second kappa shape index (κ2) is 4.42. The average Bonchev–Trinajstić information content (AvgIpc) is 2.64. The van der Waals surface area contributed by atoms with Crippen LogP contribution < -0.4 is 4.80 Å². The molecule has 0 aliphatic heterocycles. The molecule has 0 aliphatic rings. The fraction of sp³-hybridized carbons (Fsp3) is 0.100. The van der Waals surface area contributed by atoms with Gasteiger partial charge in [0.25, 0.3) is 10.0 Å². The summed E-state index contributed by atoms with van der Waals surface area (Å²) in [6.07, 6.45) is 1.71. The molecular weight excluding hydrogens is 263 g/mol. The van der Waals surface area contributed by atoms with Gasteiger partial charge in [0.2, 0.25) is 4.80 Å². The summed E-state index contributed by atoms with van der Waals surface area (Å²) in [5.41, 5.74) is 0. The van der Waals surface area contributed by atoms with Crippen LogP contribution in [0.5, 0.6) is 0 Å². The summed E-state index contributed by atoms with van der Waals surface area (Å²) in [5, 5.41) is 1.74. The van der Waals surface area contributed by atoms with E-state index in [-0.39, 0.29) is 4.90 Å². The van der Waals surface area contributed by atoms with E-state index in [4.69, 9.17) is 0 Å². The minimum absolute atomic E-state index is 0.0210. The highest BCUT2D eigenvalue weighted by atomic mass is 32.2. The summed E-state index contributed by atoms with van der Waals surface area (Å²) in [6, 6.07) is 4.58. The largest absolute Gasteiger partial charge is 0.326 e. The van der Waals surface area contributed by atoms with E-state index < -0.39 is 15.8 Å². The number of nitrogens with zero attached hydrogens (tertiary/aromatic N) is 2. The van der Waals surface area contributed by atoms with Gasteiger partial charge in [-0.25, -0.2) is 4.39 Å². The summed E-state index contributed by atoms with van der Waals surface area (Å²) in [7, 11) is -2.07. The molecule has 7 heteroatoms. The van der Waals surface area contributed by atoms with Crippen LogP contribution >= 0.6 is 11.3 Å². The maximum Gasteiger partial charge on any atom is 0.285 e. The molecule has 2 aromatic rings. The highest BCUT2D eigenvalue weighted by Crippen LogP contribution is 2.12. The van der Waals surface area contributed by atoms with Crippen LogP contribution in [0.4, 0.5) is 4.39 Å². The quantitative estimate of drug-likeness (QED) is 0.832. The number of aromatic nitrogens is 1. The van der Waals surface area contributed by atoms with Crippen molar-refractivity contribution in [2.75, 3.05) is 0 Å². The second-order valence-electron chi connectivity index (χ2n) is 3.32. The van der Waals surface area contributed by atoms with Gasteiger partial charge in [0, 0.05) is 18.6 Å². The third kappa shape index (κ3) is 2.62. The van der Waals surface area contributed by atoms with Gasteiger partial charge in [-0.05, 0) is 24.3 Å². The molecular formula is C10H9FN2O2S2. The number of aryl methyl sites for hydroxylation is 1. The molecule has 0 spiro atoms. The molecule has 0 unspecified atom stereocenters. The maximum atomic E-state index is 12.7. The van der Waals surface area contributed by atoms with Crippen molar-refractivity contribution in [1.82, 2.24) is 4.57 Å². The van der Waals surface area contributed by atoms with E-state index >= 15 is 0 Å². The Kier molecular flexibility index (Phi) is 3.12. The Morgan fingerprint density at radius 3 is 2.47 bits per heavy atom. The highest BCUT2D eigenvalue weighted by Gasteiger charge is 2.12. The van der Waals surface area contributed by atoms with E-state index in [1.165, 1.54) is 23.5 Å². The van der Waals surface area contributed by atoms with Crippen LogP contribution in [0.2, 0.25) is 0 Å². The molecule has 2 rings (SSSR count). The van der Waals surface area contributed by atoms with Gasteiger partial charge in [0.15, 0.2) is 0 Å². The lowest BCUT2D eigenvalue weighted by Crippen LogP contribution is -2.12. The molecule has 0 fully saturated rings. The molecule has 0 atom stereocenters. The van der Waals surface area contributed by atoms with Crippen molar-refractivity contribution < 1.29 is 12.8 Å². The number of halogens is 1. The third-order valence-electron chi connectivity index (χ3n) is 2.07. The molecule has 1 heterocycles. The SMILES string of the molecule is Cn1ccs/c1=N\S(=O)(=O)c1ccc(F)cc1. The molecule has 0 saturated heterocycles. The Balaban J connectivity index is 2.52. The number of hydrogen-bond donors (Lipinski definition) is 0. The first-order valence-electron chi connectivity index (χ1n) is 4.66.